The summed E-state index contributed by atoms with van der Waals surface area (Å²) in [6.45, 7) is 3.19. The fourth-order valence-electron chi connectivity index (χ4n) is 1.71. The Morgan fingerprint density at radius 1 is 1.40 bits per heavy atom. The SMILES string of the molecule is CCOCCCC(=O)NCC(O)c1c(Cl)cccc1Cl. The molecule has 0 saturated carbocycles. The molecule has 1 aromatic carbocycles. The number of rotatable bonds is 8. The van der Waals surface area contributed by atoms with E-state index in [0.717, 1.165) is 0 Å². The van der Waals surface area contributed by atoms with E-state index in [0.29, 0.717) is 41.7 Å². The van der Waals surface area contributed by atoms with Crippen LogP contribution in [0.2, 0.25) is 10.0 Å². The molecule has 0 aliphatic heterocycles. The van der Waals surface area contributed by atoms with Crippen LogP contribution in [0.4, 0.5) is 0 Å². The summed E-state index contributed by atoms with van der Waals surface area (Å²) in [6.07, 6.45) is 0.0954. The van der Waals surface area contributed by atoms with Gasteiger partial charge in [-0.15, -0.1) is 0 Å². The summed E-state index contributed by atoms with van der Waals surface area (Å²) < 4.78 is 5.15. The number of benzene rings is 1. The van der Waals surface area contributed by atoms with Gasteiger partial charge in [-0.1, -0.05) is 29.3 Å². The number of hydrogen-bond donors (Lipinski definition) is 2. The number of aliphatic hydroxyl groups excluding tert-OH is 1. The van der Waals surface area contributed by atoms with Crippen molar-refractivity contribution in [3.05, 3.63) is 33.8 Å². The molecule has 0 aromatic heterocycles. The first-order valence-electron chi connectivity index (χ1n) is 6.52. The van der Waals surface area contributed by atoms with Gasteiger partial charge in [0.05, 0.1) is 6.10 Å². The lowest BCUT2D eigenvalue weighted by atomic mass is 10.1. The lowest BCUT2D eigenvalue weighted by molar-refractivity contribution is -0.121. The normalized spacial score (nSPS) is 12.2. The van der Waals surface area contributed by atoms with Crippen molar-refractivity contribution >= 4 is 29.1 Å². The number of aliphatic hydroxyl groups is 1. The minimum absolute atomic E-state index is 0.0803. The van der Waals surface area contributed by atoms with E-state index in [1.165, 1.54) is 0 Å². The van der Waals surface area contributed by atoms with Crippen molar-refractivity contribution in [2.24, 2.45) is 0 Å². The van der Waals surface area contributed by atoms with Crippen LogP contribution >= 0.6 is 23.2 Å². The van der Waals surface area contributed by atoms with Crippen molar-refractivity contribution in [2.45, 2.75) is 25.9 Å². The first kappa shape index (κ1) is 17.2. The van der Waals surface area contributed by atoms with Gasteiger partial charge in [-0.05, 0) is 25.5 Å². The van der Waals surface area contributed by atoms with Crippen LogP contribution in [0.15, 0.2) is 18.2 Å². The molecule has 1 atom stereocenters. The number of hydrogen-bond acceptors (Lipinski definition) is 3. The van der Waals surface area contributed by atoms with Gasteiger partial charge in [0, 0.05) is 41.8 Å². The maximum Gasteiger partial charge on any atom is 0.220 e. The standard InChI is InChI=1S/C14H19Cl2NO3/c1-2-20-8-4-7-13(19)17-9-12(18)14-10(15)5-3-6-11(14)16/h3,5-6,12,18H,2,4,7-9H2,1H3,(H,17,19). The van der Waals surface area contributed by atoms with Gasteiger partial charge in [0.25, 0.3) is 0 Å². The molecule has 0 aliphatic rings. The molecule has 0 heterocycles. The largest absolute Gasteiger partial charge is 0.386 e. The number of nitrogens with one attached hydrogen (secondary N) is 1. The van der Waals surface area contributed by atoms with Gasteiger partial charge < -0.3 is 15.2 Å². The van der Waals surface area contributed by atoms with Crippen LogP contribution in [-0.4, -0.2) is 30.8 Å². The molecule has 6 heteroatoms. The Balaban J connectivity index is 2.39. The molecule has 0 bridgehead atoms. The molecule has 1 amide bonds. The van der Waals surface area contributed by atoms with E-state index in [2.05, 4.69) is 5.32 Å². The van der Waals surface area contributed by atoms with Crippen molar-refractivity contribution in [1.29, 1.82) is 0 Å². The molecule has 1 rings (SSSR count). The van der Waals surface area contributed by atoms with Crippen LogP contribution in [-0.2, 0) is 9.53 Å². The first-order valence-corrected chi connectivity index (χ1v) is 7.28. The van der Waals surface area contributed by atoms with Crippen LogP contribution in [0.1, 0.15) is 31.4 Å². The Morgan fingerprint density at radius 3 is 2.65 bits per heavy atom. The third kappa shape index (κ3) is 5.67. The van der Waals surface area contributed by atoms with Crippen molar-refractivity contribution in [3.8, 4) is 0 Å². The first-order chi connectivity index (χ1) is 9.56. The van der Waals surface area contributed by atoms with Crippen molar-refractivity contribution in [3.63, 3.8) is 0 Å². The van der Waals surface area contributed by atoms with Crippen LogP contribution in [0, 0.1) is 0 Å². The second-order valence-electron chi connectivity index (χ2n) is 4.26. The molecule has 20 heavy (non-hydrogen) atoms. The number of amides is 1. The summed E-state index contributed by atoms with van der Waals surface area (Å²) in [6, 6.07) is 5.00. The summed E-state index contributed by atoms with van der Waals surface area (Å²) in [7, 11) is 0. The average molecular weight is 320 g/mol. The summed E-state index contributed by atoms with van der Waals surface area (Å²) in [5, 5.41) is 13.5. The molecule has 0 radical (unpaired) electrons. The Kier molecular flexibility index (Phi) is 7.92. The summed E-state index contributed by atoms with van der Waals surface area (Å²) in [5.41, 5.74) is 0.436. The zero-order chi connectivity index (χ0) is 15.0. The van der Waals surface area contributed by atoms with Crippen LogP contribution < -0.4 is 5.32 Å². The Morgan fingerprint density at radius 2 is 2.05 bits per heavy atom. The highest BCUT2D eigenvalue weighted by atomic mass is 35.5. The Hall–Kier alpha value is -0.810. The second-order valence-corrected chi connectivity index (χ2v) is 5.07. The minimum Gasteiger partial charge on any atom is -0.386 e. The predicted octanol–water partition coefficient (Wildman–Crippen LogP) is 2.96. The van der Waals surface area contributed by atoms with Crippen molar-refractivity contribution in [1.82, 2.24) is 5.32 Å². The summed E-state index contributed by atoms with van der Waals surface area (Å²) in [5.74, 6) is -0.132. The molecular weight excluding hydrogens is 301 g/mol. The quantitative estimate of drug-likeness (QED) is 0.724. The maximum atomic E-state index is 11.6. The molecule has 0 aliphatic carbocycles. The molecule has 0 fully saturated rings. The monoisotopic (exact) mass is 319 g/mol. The number of halogens is 2. The second kappa shape index (κ2) is 9.19. The number of carbonyl (C=O) groups is 1. The summed E-state index contributed by atoms with van der Waals surface area (Å²) >= 11 is 12.0. The highest BCUT2D eigenvalue weighted by molar-refractivity contribution is 6.36. The molecular formula is C14H19Cl2NO3. The molecule has 112 valence electrons. The molecule has 1 aromatic rings. The summed E-state index contributed by atoms with van der Waals surface area (Å²) in [4.78, 5) is 11.6. The zero-order valence-electron chi connectivity index (χ0n) is 11.4. The van der Waals surface area contributed by atoms with Gasteiger partial charge in [-0.2, -0.15) is 0 Å². The molecule has 1 unspecified atom stereocenters. The smallest absolute Gasteiger partial charge is 0.220 e. The predicted molar refractivity (Wildman–Crippen MR) is 80.2 cm³/mol. The highest BCUT2D eigenvalue weighted by Gasteiger charge is 2.16. The van der Waals surface area contributed by atoms with Gasteiger partial charge in [0.2, 0.25) is 5.91 Å². The van der Waals surface area contributed by atoms with Gasteiger partial charge in [-0.25, -0.2) is 0 Å². The Labute approximate surface area is 129 Å². The molecule has 4 nitrogen and oxygen atoms in total. The lowest BCUT2D eigenvalue weighted by Crippen LogP contribution is -2.28. The van der Waals surface area contributed by atoms with Crippen molar-refractivity contribution < 1.29 is 14.6 Å². The third-order valence-corrected chi connectivity index (χ3v) is 3.38. The van der Waals surface area contributed by atoms with Gasteiger partial charge in [0.15, 0.2) is 0 Å². The van der Waals surface area contributed by atoms with Gasteiger partial charge >= 0.3 is 0 Å². The third-order valence-electron chi connectivity index (χ3n) is 2.72. The topological polar surface area (TPSA) is 58.6 Å². The minimum atomic E-state index is -0.924. The Bertz CT molecular complexity index is 420. The highest BCUT2D eigenvalue weighted by Crippen LogP contribution is 2.29. The zero-order valence-corrected chi connectivity index (χ0v) is 12.9. The number of ether oxygens (including phenoxy) is 1. The van der Waals surface area contributed by atoms with Crippen LogP contribution in [0.25, 0.3) is 0 Å². The van der Waals surface area contributed by atoms with Crippen LogP contribution in [0.3, 0.4) is 0 Å². The molecule has 2 N–H and O–H groups in total. The lowest BCUT2D eigenvalue weighted by Gasteiger charge is -2.15. The van der Waals surface area contributed by atoms with E-state index in [4.69, 9.17) is 27.9 Å². The van der Waals surface area contributed by atoms with Gasteiger partial charge in [0.1, 0.15) is 0 Å². The maximum absolute atomic E-state index is 11.6. The fourth-order valence-corrected chi connectivity index (χ4v) is 2.36. The molecule has 0 saturated heterocycles. The van der Waals surface area contributed by atoms with E-state index in [-0.39, 0.29) is 12.5 Å². The van der Waals surface area contributed by atoms with Crippen LogP contribution in [0.5, 0.6) is 0 Å². The van der Waals surface area contributed by atoms with E-state index >= 15 is 0 Å². The fraction of sp³-hybridized carbons (Fsp3) is 0.500. The van der Waals surface area contributed by atoms with E-state index in [1.54, 1.807) is 18.2 Å². The average Bonchev–Trinajstić information content (AvgIpc) is 2.41. The van der Waals surface area contributed by atoms with E-state index < -0.39 is 6.10 Å². The number of carbonyl (C=O) groups excluding carboxylic acids is 1. The van der Waals surface area contributed by atoms with E-state index in [1.807, 2.05) is 6.92 Å². The van der Waals surface area contributed by atoms with Crippen molar-refractivity contribution in [2.75, 3.05) is 19.8 Å². The van der Waals surface area contributed by atoms with Gasteiger partial charge in [-0.3, -0.25) is 4.79 Å². The molecule has 0 spiro atoms. The van der Waals surface area contributed by atoms with E-state index in [9.17, 15) is 9.90 Å².